The van der Waals surface area contributed by atoms with E-state index in [9.17, 15) is 9.59 Å². The van der Waals surface area contributed by atoms with E-state index in [0.717, 1.165) is 0 Å². The van der Waals surface area contributed by atoms with Crippen LogP contribution in [0.25, 0.3) is 0 Å². The summed E-state index contributed by atoms with van der Waals surface area (Å²) in [5.41, 5.74) is 0. The molecule has 13 heavy (non-hydrogen) atoms. The van der Waals surface area contributed by atoms with Gasteiger partial charge in [-0.25, -0.2) is 0 Å². The molecule has 76 valence electrons. The molecule has 0 aliphatic rings. The van der Waals surface area contributed by atoms with Gasteiger partial charge in [0.2, 0.25) is 0 Å². The Labute approximate surface area is 78.2 Å². The fourth-order valence-electron chi connectivity index (χ4n) is 0.971. The summed E-state index contributed by atoms with van der Waals surface area (Å²) in [6.07, 6.45) is 0.457. The summed E-state index contributed by atoms with van der Waals surface area (Å²) in [7, 11) is 1.28. The summed E-state index contributed by atoms with van der Waals surface area (Å²) in [6.45, 7) is 4.03. The monoisotopic (exact) mass is 188 g/mol. The van der Waals surface area contributed by atoms with Crippen molar-refractivity contribution in [1.82, 2.24) is 0 Å². The van der Waals surface area contributed by atoms with Crippen molar-refractivity contribution in [2.24, 2.45) is 5.92 Å². The van der Waals surface area contributed by atoms with E-state index in [0.29, 0.717) is 13.0 Å². The maximum absolute atomic E-state index is 11.3. The summed E-state index contributed by atoms with van der Waals surface area (Å²) < 4.78 is 9.40. The quantitative estimate of drug-likeness (QED) is 0.457. The number of carbonyl (C=O) groups is 2. The van der Waals surface area contributed by atoms with Crippen molar-refractivity contribution in [3.05, 3.63) is 0 Å². The highest BCUT2D eigenvalue weighted by atomic mass is 16.5. The number of methoxy groups -OCH3 is 1. The summed E-state index contributed by atoms with van der Waals surface area (Å²) >= 11 is 0. The van der Waals surface area contributed by atoms with Gasteiger partial charge >= 0.3 is 5.97 Å². The number of hydrogen-bond donors (Lipinski definition) is 0. The van der Waals surface area contributed by atoms with Crippen LogP contribution in [-0.2, 0) is 19.1 Å². The molecule has 4 nitrogen and oxygen atoms in total. The van der Waals surface area contributed by atoms with Crippen LogP contribution in [0.4, 0.5) is 0 Å². The van der Waals surface area contributed by atoms with E-state index in [1.807, 2.05) is 0 Å². The molecule has 1 unspecified atom stereocenters. The summed E-state index contributed by atoms with van der Waals surface area (Å²) in [4.78, 5) is 22.4. The third kappa shape index (κ3) is 4.03. The Morgan fingerprint density at radius 3 is 2.31 bits per heavy atom. The summed E-state index contributed by atoms with van der Waals surface area (Å²) in [5.74, 6) is -1.36. The van der Waals surface area contributed by atoms with Crippen LogP contribution in [0.5, 0.6) is 0 Å². The van der Waals surface area contributed by atoms with Crippen LogP contribution in [0.1, 0.15) is 20.3 Å². The van der Waals surface area contributed by atoms with Crippen LogP contribution in [0.2, 0.25) is 0 Å². The summed E-state index contributed by atoms with van der Waals surface area (Å²) in [5, 5.41) is 0. The number of carbonyl (C=O) groups excluding carboxylic acids is 2. The molecule has 0 aliphatic heterocycles. The molecule has 0 amide bonds. The maximum atomic E-state index is 11.3. The number of rotatable bonds is 6. The standard InChI is InChI=1S/C9H16O4/c1-4-7(9(11)12-3)8(10)6-13-5-2/h7H,4-6H2,1-3H3. The number of hydrogen-bond acceptors (Lipinski definition) is 4. The third-order valence-corrected chi connectivity index (χ3v) is 1.73. The molecule has 0 saturated carbocycles. The second-order valence-corrected chi connectivity index (χ2v) is 2.59. The van der Waals surface area contributed by atoms with Crippen LogP contribution < -0.4 is 0 Å². The first-order valence-electron chi connectivity index (χ1n) is 4.35. The van der Waals surface area contributed by atoms with E-state index in [-0.39, 0.29) is 12.4 Å². The highest BCUT2D eigenvalue weighted by molar-refractivity contribution is 5.99. The van der Waals surface area contributed by atoms with Crippen LogP contribution in [0, 0.1) is 5.92 Å². The minimum Gasteiger partial charge on any atom is -0.468 e. The first-order valence-corrected chi connectivity index (χ1v) is 4.35. The Hall–Kier alpha value is -0.900. The Balaban J connectivity index is 4.07. The lowest BCUT2D eigenvalue weighted by Crippen LogP contribution is -2.27. The van der Waals surface area contributed by atoms with Gasteiger partial charge in [-0.15, -0.1) is 0 Å². The first-order chi connectivity index (χ1) is 6.17. The van der Waals surface area contributed by atoms with Crippen molar-refractivity contribution < 1.29 is 19.1 Å². The van der Waals surface area contributed by atoms with E-state index in [4.69, 9.17) is 4.74 Å². The second kappa shape index (κ2) is 6.60. The summed E-state index contributed by atoms with van der Waals surface area (Å²) in [6, 6.07) is 0. The molecular formula is C9H16O4. The minimum absolute atomic E-state index is 0.00981. The molecule has 0 saturated heterocycles. The molecule has 0 aliphatic carbocycles. The van der Waals surface area contributed by atoms with Gasteiger partial charge in [-0.2, -0.15) is 0 Å². The molecule has 4 heteroatoms. The van der Waals surface area contributed by atoms with Gasteiger partial charge in [0.1, 0.15) is 12.5 Å². The van der Waals surface area contributed by atoms with Gasteiger partial charge in [0.25, 0.3) is 0 Å². The highest BCUT2D eigenvalue weighted by Crippen LogP contribution is 2.06. The lowest BCUT2D eigenvalue weighted by atomic mass is 10.0. The van der Waals surface area contributed by atoms with Crippen LogP contribution in [-0.4, -0.2) is 32.1 Å². The van der Waals surface area contributed by atoms with Gasteiger partial charge in [-0.05, 0) is 13.3 Å². The molecule has 0 aromatic heterocycles. The average molecular weight is 188 g/mol. The van der Waals surface area contributed by atoms with Gasteiger partial charge < -0.3 is 9.47 Å². The van der Waals surface area contributed by atoms with E-state index in [2.05, 4.69) is 4.74 Å². The van der Waals surface area contributed by atoms with E-state index >= 15 is 0 Å². The van der Waals surface area contributed by atoms with Crippen molar-refractivity contribution in [1.29, 1.82) is 0 Å². The molecule has 0 aromatic carbocycles. The number of esters is 1. The predicted octanol–water partition coefficient (Wildman–Crippen LogP) is 0.791. The van der Waals surface area contributed by atoms with Crippen LogP contribution in [0.3, 0.4) is 0 Å². The number of Topliss-reactive ketones (excluding diaryl/α,β-unsaturated/α-hetero) is 1. The Morgan fingerprint density at radius 1 is 1.31 bits per heavy atom. The zero-order valence-corrected chi connectivity index (χ0v) is 8.33. The lowest BCUT2D eigenvalue weighted by molar-refractivity contribution is -0.150. The van der Waals surface area contributed by atoms with Gasteiger partial charge in [0.05, 0.1) is 7.11 Å². The molecule has 1 atom stereocenters. The fraction of sp³-hybridized carbons (Fsp3) is 0.778. The number of ketones is 1. The van der Waals surface area contributed by atoms with Crippen molar-refractivity contribution in [3.8, 4) is 0 Å². The van der Waals surface area contributed by atoms with Gasteiger partial charge in [0, 0.05) is 6.61 Å². The van der Waals surface area contributed by atoms with Gasteiger partial charge in [0.15, 0.2) is 5.78 Å². The fourth-order valence-corrected chi connectivity index (χ4v) is 0.971. The largest absolute Gasteiger partial charge is 0.468 e. The Bertz CT molecular complexity index is 176. The second-order valence-electron chi connectivity index (χ2n) is 2.59. The Kier molecular flexibility index (Phi) is 6.14. The lowest BCUT2D eigenvalue weighted by Gasteiger charge is -2.10. The average Bonchev–Trinajstić information content (AvgIpc) is 2.15. The zero-order valence-electron chi connectivity index (χ0n) is 8.33. The van der Waals surface area contributed by atoms with Gasteiger partial charge in [-0.1, -0.05) is 6.92 Å². The van der Waals surface area contributed by atoms with Crippen molar-refractivity contribution >= 4 is 11.8 Å². The molecule has 0 radical (unpaired) electrons. The molecule has 0 rings (SSSR count). The highest BCUT2D eigenvalue weighted by Gasteiger charge is 2.24. The van der Waals surface area contributed by atoms with E-state index in [1.54, 1.807) is 13.8 Å². The predicted molar refractivity (Wildman–Crippen MR) is 47.3 cm³/mol. The molecular weight excluding hydrogens is 172 g/mol. The first kappa shape index (κ1) is 12.1. The molecule has 0 aromatic rings. The molecule has 0 bridgehead atoms. The van der Waals surface area contributed by atoms with Crippen LogP contribution >= 0.6 is 0 Å². The molecule has 0 fully saturated rings. The minimum atomic E-state index is -0.670. The SMILES string of the molecule is CCOCC(=O)C(CC)C(=O)OC. The molecule has 0 N–H and O–H groups in total. The molecule has 0 heterocycles. The topological polar surface area (TPSA) is 52.6 Å². The third-order valence-electron chi connectivity index (χ3n) is 1.73. The van der Waals surface area contributed by atoms with Gasteiger partial charge in [-0.3, -0.25) is 9.59 Å². The molecule has 0 spiro atoms. The van der Waals surface area contributed by atoms with E-state index in [1.165, 1.54) is 7.11 Å². The van der Waals surface area contributed by atoms with Crippen molar-refractivity contribution in [3.63, 3.8) is 0 Å². The zero-order chi connectivity index (χ0) is 10.3. The van der Waals surface area contributed by atoms with Crippen molar-refractivity contribution in [2.75, 3.05) is 20.3 Å². The number of ether oxygens (including phenoxy) is 2. The van der Waals surface area contributed by atoms with Crippen molar-refractivity contribution in [2.45, 2.75) is 20.3 Å². The normalized spacial score (nSPS) is 12.2. The van der Waals surface area contributed by atoms with E-state index < -0.39 is 11.9 Å². The smallest absolute Gasteiger partial charge is 0.316 e. The Morgan fingerprint density at radius 2 is 1.92 bits per heavy atom. The van der Waals surface area contributed by atoms with Crippen LogP contribution in [0.15, 0.2) is 0 Å². The maximum Gasteiger partial charge on any atom is 0.316 e.